The number of hydrogen-bond acceptors (Lipinski definition) is 3. The van der Waals surface area contributed by atoms with E-state index in [1.54, 1.807) is 12.1 Å². The molecular formula is C16H20FN3. The fraction of sp³-hybridized carbons (Fsp3) is 0.312. The Morgan fingerprint density at radius 3 is 2.65 bits per heavy atom. The summed E-state index contributed by atoms with van der Waals surface area (Å²) in [5.74, 6) is -0.249. The number of aromatic nitrogens is 1. The summed E-state index contributed by atoms with van der Waals surface area (Å²) in [5, 5.41) is 0. The van der Waals surface area contributed by atoms with Crippen LogP contribution in [-0.4, -0.2) is 11.5 Å². The predicted octanol–water partition coefficient (Wildman–Crippen LogP) is 3.01. The molecule has 2 rings (SSSR count). The van der Waals surface area contributed by atoms with Crippen molar-refractivity contribution in [3.8, 4) is 0 Å². The minimum absolute atomic E-state index is 0.220. The largest absolute Gasteiger partial charge is 0.366 e. The van der Waals surface area contributed by atoms with Gasteiger partial charge in [0.2, 0.25) is 0 Å². The summed E-state index contributed by atoms with van der Waals surface area (Å²) in [6.45, 7) is 5.69. The molecule has 0 unspecified atom stereocenters. The molecule has 0 fully saturated rings. The lowest BCUT2D eigenvalue weighted by Gasteiger charge is -2.23. The number of pyridine rings is 1. The fourth-order valence-electron chi connectivity index (χ4n) is 2.17. The Labute approximate surface area is 119 Å². The van der Waals surface area contributed by atoms with Crippen molar-refractivity contribution < 1.29 is 4.39 Å². The average molecular weight is 273 g/mol. The highest BCUT2D eigenvalue weighted by Gasteiger charge is 2.09. The van der Waals surface area contributed by atoms with Gasteiger partial charge in [-0.2, -0.15) is 0 Å². The van der Waals surface area contributed by atoms with Crippen LogP contribution in [0.1, 0.15) is 23.9 Å². The van der Waals surface area contributed by atoms with Crippen LogP contribution >= 0.6 is 0 Å². The van der Waals surface area contributed by atoms with Crippen LogP contribution in [0.25, 0.3) is 0 Å². The van der Waals surface area contributed by atoms with E-state index in [2.05, 4.69) is 9.88 Å². The highest BCUT2D eigenvalue weighted by molar-refractivity contribution is 5.48. The number of nitrogens with zero attached hydrogens (tertiary/aromatic N) is 2. The van der Waals surface area contributed by atoms with Gasteiger partial charge in [0.25, 0.3) is 0 Å². The van der Waals surface area contributed by atoms with Gasteiger partial charge in [0.05, 0.1) is 12.2 Å². The molecule has 0 spiro atoms. The first-order valence-electron chi connectivity index (χ1n) is 6.80. The summed E-state index contributed by atoms with van der Waals surface area (Å²) >= 11 is 0. The van der Waals surface area contributed by atoms with Gasteiger partial charge in [0.15, 0.2) is 0 Å². The molecule has 0 bridgehead atoms. The van der Waals surface area contributed by atoms with Gasteiger partial charge in [-0.3, -0.25) is 4.98 Å². The SMILES string of the molecule is CCN(Cc1cccc(C)n1)c1ccc(CN)c(F)c1. The Bertz CT molecular complexity index is 584. The molecule has 1 aromatic carbocycles. The van der Waals surface area contributed by atoms with Crippen LogP contribution in [-0.2, 0) is 13.1 Å². The molecule has 1 aromatic heterocycles. The van der Waals surface area contributed by atoms with Crippen molar-refractivity contribution in [3.63, 3.8) is 0 Å². The highest BCUT2D eigenvalue weighted by atomic mass is 19.1. The first kappa shape index (κ1) is 14.5. The number of rotatable bonds is 5. The third kappa shape index (κ3) is 3.33. The molecule has 4 heteroatoms. The van der Waals surface area contributed by atoms with E-state index in [-0.39, 0.29) is 12.4 Å². The molecule has 0 amide bonds. The predicted molar refractivity (Wildman–Crippen MR) is 80.0 cm³/mol. The lowest BCUT2D eigenvalue weighted by atomic mass is 10.1. The second kappa shape index (κ2) is 6.48. The lowest BCUT2D eigenvalue weighted by Crippen LogP contribution is -2.23. The summed E-state index contributed by atoms with van der Waals surface area (Å²) in [5.41, 5.74) is 8.85. The van der Waals surface area contributed by atoms with E-state index in [0.717, 1.165) is 23.6 Å². The summed E-state index contributed by atoms with van der Waals surface area (Å²) < 4.78 is 13.8. The van der Waals surface area contributed by atoms with E-state index in [0.29, 0.717) is 12.1 Å². The lowest BCUT2D eigenvalue weighted by molar-refractivity contribution is 0.609. The Balaban J connectivity index is 2.22. The van der Waals surface area contributed by atoms with Gasteiger partial charge in [-0.25, -0.2) is 4.39 Å². The van der Waals surface area contributed by atoms with Crippen molar-refractivity contribution in [2.75, 3.05) is 11.4 Å². The molecule has 2 N–H and O–H groups in total. The fourth-order valence-corrected chi connectivity index (χ4v) is 2.17. The van der Waals surface area contributed by atoms with Gasteiger partial charge >= 0.3 is 0 Å². The van der Waals surface area contributed by atoms with Crippen molar-refractivity contribution in [2.45, 2.75) is 26.9 Å². The summed E-state index contributed by atoms with van der Waals surface area (Å²) in [4.78, 5) is 6.58. The van der Waals surface area contributed by atoms with Crippen LogP contribution in [0.5, 0.6) is 0 Å². The monoisotopic (exact) mass is 273 g/mol. The maximum Gasteiger partial charge on any atom is 0.129 e. The molecule has 0 radical (unpaired) electrons. The van der Waals surface area contributed by atoms with Gasteiger partial charge in [-0.15, -0.1) is 0 Å². The number of benzene rings is 1. The first-order valence-corrected chi connectivity index (χ1v) is 6.80. The minimum atomic E-state index is -0.249. The maximum atomic E-state index is 13.8. The molecule has 2 aromatic rings. The number of anilines is 1. The summed E-state index contributed by atoms with van der Waals surface area (Å²) in [6.07, 6.45) is 0. The molecule has 0 aliphatic carbocycles. The zero-order valence-corrected chi connectivity index (χ0v) is 11.9. The average Bonchev–Trinajstić information content (AvgIpc) is 2.44. The van der Waals surface area contributed by atoms with E-state index in [1.807, 2.05) is 38.1 Å². The van der Waals surface area contributed by atoms with Crippen molar-refractivity contribution in [1.29, 1.82) is 0 Å². The Kier molecular flexibility index (Phi) is 4.69. The molecule has 0 saturated heterocycles. The Morgan fingerprint density at radius 1 is 1.25 bits per heavy atom. The van der Waals surface area contributed by atoms with Gasteiger partial charge in [-0.1, -0.05) is 12.1 Å². The quantitative estimate of drug-likeness (QED) is 0.910. The van der Waals surface area contributed by atoms with E-state index in [1.165, 1.54) is 0 Å². The number of nitrogens with two attached hydrogens (primary N) is 1. The molecule has 20 heavy (non-hydrogen) atoms. The Morgan fingerprint density at radius 2 is 2.05 bits per heavy atom. The molecular weight excluding hydrogens is 253 g/mol. The highest BCUT2D eigenvalue weighted by Crippen LogP contribution is 2.20. The van der Waals surface area contributed by atoms with E-state index >= 15 is 0 Å². The van der Waals surface area contributed by atoms with Crippen LogP contribution in [0.2, 0.25) is 0 Å². The van der Waals surface area contributed by atoms with Crippen LogP contribution in [0, 0.1) is 12.7 Å². The summed E-state index contributed by atoms with van der Waals surface area (Å²) in [7, 11) is 0. The number of aryl methyl sites for hydroxylation is 1. The van der Waals surface area contributed by atoms with E-state index in [9.17, 15) is 4.39 Å². The van der Waals surface area contributed by atoms with Gasteiger partial charge in [0.1, 0.15) is 5.82 Å². The number of halogens is 1. The van der Waals surface area contributed by atoms with E-state index < -0.39 is 0 Å². The molecule has 0 aliphatic heterocycles. The van der Waals surface area contributed by atoms with Gasteiger partial charge < -0.3 is 10.6 Å². The Hall–Kier alpha value is -1.94. The number of hydrogen-bond donors (Lipinski definition) is 1. The molecule has 0 atom stereocenters. The van der Waals surface area contributed by atoms with Crippen LogP contribution in [0.4, 0.5) is 10.1 Å². The normalized spacial score (nSPS) is 10.6. The topological polar surface area (TPSA) is 42.2 Å². The maximum absolute atomic E-state index is 13.8. The summed E-state index contributed by atoms with van der Waals surface area (Å²) in [6, 6.07) is 11.1. The zero-order valence-electron chi connectivity index (χ0n) is 11.9. The second-order valence-corrected chi connectivity index (χ2v) is 4.76. The van der Waals surface area contributed by atoms with Crippen LogP contribution in [0.15, 0.2) is 36.4 Å². The first-order chi connectivity index (χ1) is 9.63. The van der Waals surface area contributed by atoms with Crippen LogP contribution in [0.3, 0.4) is 0 Å². The molecule has 106 valence electrons. The van der Waals surface area contributed by atoms with Crippen molar-refractivity contribution in [2.24, 2.45) is 5.73 Å². The van der Waals surface area contributed by atoms with Crippen LogP contribution < -0.4 is 10.6 Å². The smallest absolute Gasteiger partial charge is 0.129 e. The molecule has 0 saturated carbocycles. The third-order valence-corrected chi connectivity index (χ3v) is 3.30. The standard InChI is InChI=1S/C16H20FN3/c1-3-20(11-14-6-4-5-12(2)19-14)15-8-7-13(10-18)16(17)9-15/h4-9H,3,10-11,18H2,1-2H3. The van der Waals surface area contributed by atoms with Gasteiger partial charge in [0, 0.05) is 30.0 Å². The third-order valence-electron chi connectivity index (χ3n) is 3.30. The second-order valence-electron chi connectivity index (χ2n) is 4.76. The van der Waals surface area contributed by atoms with Crippen molar-refractivity contribution in [1.82, 2.24) is 4.98 Å². The van der Waals surface area contributed by atoms with Crippen molar-refractivity contribution >= 4 is 5.69 Å². The molecule has 1 heterocycles. The minimum Gasteiger partial charge on any atom is -0.366 e. The van der Waals surface area contributed by atoms with E-state index in [4.69, 9.17) is 5.73 Å². The zero-order chi connectivity index (χ0) is 14.5. The van der Waals surface area contributed by atoms with Gasteiger partial charge in [-0.05, 0) is 38.1 Å². The molecule has 0 aliphatic rings. The van der Waals surface area contributed by atoms with Crippen molar-refractivity contribution in [3.05, 3.63) is 59.2 Å². The molecule has 3 nitrogen and oxygen atoms in total.